The molecule has 0 bridgehead atoms. The molecular formula is C11H9FN4O3. The van der Waals surface area contributed by atoms with Crippen molar-refractivity contribution in [1.82, 2.24) is 9.97 Å². The third-order valence-corrected chi connectivity index (χ3v) is 2.21. The Labute approximate surface area is 107 Å². The summed E-state index contributed by atoms with van der Waals surface area (Å²) in [5, 5.41) is 13.2. The number of nitrogens with one attached hydrogen (secondary N) is 1. The lowest BCUT2D eigenvalue weighted by atomic mass is 10.3. The molecule has 1 heterocycles. The highest BCUT2D eigenvalue weighted by Gasteiger charge is 2.12. The van der Waals surface area contributed by atoms with Crippen LogP contribution in [0.3, 0.4) is 0 Å². The standard InChI is InChI=1S/C11H9FN4O3/c1-13-10-5-14-6-11(15-10)19-9-3-2-7(16(17)18)4-8(9)12/h2-6H,1H3,(H,13,15). The lowest BCUT2D eigenvalue weighted by molar-refractivity contribution is -0.385. The Hall–Kier alpha value is -2.77. The minimum atomic E-state index is -0.842. The zero-order valence-electron chi connectivity index (χ0n) is 9.83. The van der Waals surface area contributed by atoms with Crippen molar-refractivity contribution in [2.45, 2.75) is 0 Å². The predicted molar refractivity (Wildman–Crippen MR) is 64.7 cm³/mol. The van der Waals surface area contributed by atoms with E-state index in [9.17, 15) is 14.5 Å². The minimum absolute atomic E-state index is 0.0830. The molecule has 19 heavy (non-hydrogen) atoms. The SMILES string of the molecule is CNc1cncc(Oc2ccc([N+](=O)[O-])cc2F)n1. The molecule has 7 nitrogen and oxygen atoms in total. The van der Waals surface area contributed by atoms with Crippen LogP contribution < -0.4 is 10.1 Å². The number of anilines is 1. The summed E-state index contributed by atoms with van der Waals surface area (Å²) in [4.78, 5) is 17.6. The number of hydrogen-bond acceptors (Lipinski definition) is 6. The van der Waals surface area contributed by atoms with Gasteiger partial charge < -0.3 is 10.1 Å². The molecule has 1 aromatic carbocycles. The highest BCUT2D eigenvalue weighted by atomic mass is 19.1. The molecule has 0 unspecified atom stereocenters. The second kappa shape index (κ2) is 5.25. The van der Waals surface area contributed by atoms with E-state index in [-0.39, 0.29) is 17.3 Å². The van der Waals surface area contributed by atoms with Gasteiger partial charge in [-0.1, -0.05) is 0 Å². The van der Waals surface area contributed by atoms with Crippen molar-refractivity contribution >= 4 is 11.5 Å². The summed E-state index contributed by atoms with van der Waals surface area (Å²) in [5.41, 5.74) is -0.347. The number of ether oxygens (including phenoxy) is 1. The molecule has 0 fully saturated rings. The fourth-order valence-electron chi connectivity index (χ4n) is 1.32. The fourth-order valence-corrected chi connectivity index (χ4v) is 1.32. The molecule has 0 spiro atoms. The second-order valence-corrected chi connectivity index (χ2v) is 3.47. The number of hydrogen-bond donors (Lipinski definition) is 1. The number of rotatable bonds is 4. The van der Waals surface area contributed by atoms with E-state index in [1.165, 1.54) is 18.5 Å². The van der Waals surface area contributed by atoms with E-state index in [1.54, 1.807) is 7.05 Å². The smallest absolute Gasteiger partial charge is 0.272 e. The summed E-state index contributed by atoms with van der Waals surface area (Å²) < 4.78 is 18.8. The van der Waals surface area contributed by atoms with Crippen LogP contribution in [0, 0.1) is 15.9 Å². The van der Waals surface area contributed by atoms with Crippen molar-refractivity contribution in [3.05, 3.63) is 46.5 Å². The van der Waals surface area contributed by atoms with Crippen LogP contribution in [0.1, 0.15) is 0 Å². The van der Waals surface area contributed by atoms with Gasteiger partial charge in [-0.3, -0.25) is 15.1 Å². The number of nitrogens with zero attached hydrogens (tertiary/aromatic N) is 3. The average molecular weight is 264 g/mol. The van der Waals surface area contributed by atoms with E-state index in [0.29, 0.717) is 5.82 Å². The van der Waals surface area contributed by atoms with Crippen molar-refractivity contribution in [3.8, 4) is 11.6 Å². The number of benzene rings is 1. The normalized spacial score (nSPS) is 10.0. The van der Waals surface area contributed by atoms with Gasteiger partial charge in [-0.15, -0.1) is 0 Å². The fraction of sp³-hybridized carbons (Fsp3) is 0.0909. The molecule has 0 saturated carbocycles. The zero-order chi connectivity index (χ0) is 13.8. The maximum Gasteiger partial charge on any atom is 0.272 e. The summed E-state index contributed by atoms with van der Waals surface area (Å²) in [6.45, 7) is 0. The molecule has 2 aromatic rings. The molecule has 2 rings (SSSR count). The molecule has 0 aliphatic heterocycles. The van der Waals surface area contributed by atoms with E-state index in [4.69, 9.17) is 4.74 Å². The Morgan fingerprint density at radius 3 is 2.84 bits per heavy atom. The molecule has 0 saturated heterocycles. The first-order chi connectivity index (χ1) is 9.10. The van der Waals surface area contributed by atoms with Crippen LogP contribution >= 0.6 is 0 Å². The van der Waals surface area contributed by atoms with Crippen molar-refractivity contribution in [2.24, 2.45) is 0 Å². The molecule has 1 aromatic heterocycles. The lowest BCUT2D eigenvalue weighted by Gasteiger charge is -2.06. The van der Waals surface area contributed by atoms with E-state index < -0.39 is 10.7 Å². The van der Waals surface area contributed by atoms with Crippen LogP contribution in [-0.2, 0) is 0 Å². The predicted octanol–water partition coefficient (Wildman–Crippen LogP) is 2.36. The van der Waals surface area contributed by atoms with Gasteiger partial charge in [-0.2, -0.15) is 4.98 Å². The Morgan fingerprint density at radius 2 is 2.21 bits per heavy atom. The second-order valence-electron chi connectivity index (χ2n) is 3.47. The number of non-ortho nitro benzene ring substituents is 1. The van der Waals surface area contributed by atoms with Crippen LogP contribution in [0.15, 0.2) is 30.6 Å². The van der Waals surface area contributed by atoms with Crippen LogP contribution in [0.5, 0.6) is 11.6 Å². The van der Waals surface area contributed by atoms with E-state index in [2.05, 4.69) is 15.3 Å². The quantitative estimate of drug-likeness (QED) is 0.673. The van der Waals surface area contributed by atoms with Crippen molar-refractivity contribution in [1.29, 1.82) is 0 Å². The maximum absolute atomic E-state index is 13.6. The first-order valence-corrected chi connectivity index (χ1v) is 5.21. The summed E-state index contributed by atoms with van der Waals surface area (Å²) >= 11 is 0. The van der Waals surface area contributed by atoms with Gasteiger partial charge in [0.25, 0.3) is 5.69 Å². The van der Waals surface area contributed by atoms with Crippen molar-refractivity contribution < 1.29 is 14.1 Å². The monoisotopic (exact) mass is 264 g/mol. The molecule has 8 heteroatoms. The van der Waals surface area contributed by atoms with Gasteiger partial charge in [-0.05, 0) is 6.07 Å². The van der Waals surface area contributed by atoms with Gasteiger partial charge in [0.05, 0.1) is 23.4 Å². The number of halogens is 1. The van der Waals surface area contributed by atoms with Crippen molar-refractivity contribution in [2.75, 3.05) is 12.4 Å². The lowest BCUT2D eigenvalue weighted by Crippen LogP contribution is -1.97. The van der Waals surface area contributed by atoms with Crippen LogP contribution in [0.4, 0.5) is 15.9 Å². The summed E-state index contributed by atoms with van der Waals surface area (Å²) in [5.74, 6) is -0.460. The highest BCUT2D eigenvalue weighted by molar-refractivity contribution is 5.40. The molecule has 0 amide bonds. The number of nitro benzene ring substituents is 1. The largest absolute Gasteiger partial charge is 0.434 e. The molecule has 1 N–H and O–H groups in total. The Balaban J connectivity index is 2.25. The van der Waals surface area contributed by atoms with Gasteiger partial charge in [0, 0.05) is 13.1 Å². The first-order valence-electron chi connectivity index (χ1n) is 5.21. The van der Waals surface area contributed by atoms with Crippen LogP contribution in [-0.4, -0.2) is 21.9 Å². The average Bonchev–Trinajstić information content (AvgIpc) is 2.41. The van der Waals surface area contributed by atoms with Gasteiger partial charge in [0.2, 0.25) is 5.88 Å². The Bertz CT molecular complexity index is 621. The van der Waals surface area contributed by atoms with Gasteiger partial charge in [0.15, 0.2) is 11.6 Å². The van der Waals surface area contributed by atoms with Crippen molar-refractivity contribution in [3.63, 3.8) is 0 Å². The maximum atomic E-state index is 13.6. The van der Waals surface area contributed by atoms with Crippen LogP contribution in [0.25, 0.3) is 0 Å². The molecule has 0 aliphatic rings. The molecule has 98 valence electrons. The topological polar surface area (TPSA) is 90.2 Å². The molecule has 0 radical (unpaired) electrons. The van der Waals surface area contributed by atoms with E-state index in [1.807, 2.05) is 0 Å². The molecule has 0 atom stereocenters. The first kappa shape index (κ1) is 12.7. The van der Waals surface area contributed by atoms with E-state index >= 15 is 0 Å². The number of aromatic nitrogens is 2. The summed E-state index contributed by atoms with van der Waals surface area (Å²) in [7, 11) is 1.65. The third-order valence-electron chi connectivity index (χ3n) is 2.21. The Kier molecular flexibility index (Phi) is 3.51. The minimum Gasteiger partial charge on any atom is -0.434 e. The van der Waals surface area contributed by atoms with E-state index in [0.717, 1.165) is 12.1 Å². The Morgan fingerprint density at radius 1 is 1.42 bits per heavy atom. The summed E-state index contributed by atoms with van der Waals surface area (Å²) in [6, 6.07) is 3.10. The summed E-state index contributed by atoms with van der Waals surface area (Å²) in [6.07, 6.45) is 2.78. The molecular weight excluding hydrogens is 255 g/mol. The van der Waals surface area contributed by atoms with Gasteiger partial charge >= 0.3 is 0 Å². The van der Waals surface area contributed by atoms with Gasteiger partial charge in [0.1, 0.15) is 5.82 Å². The highest BCUT2D eigenvalue weighted by Crippen LogP contribution is 2.26. The zero-order valence-corrected chi connectivity index (χ0v) is 9.83. The third kappa shape index (κ3) is 2.92. The molecule has 0 aliphatic carbocycles. The van der Waals surface area contributed by atoms with Crippen LogP contribution in [0.2, 0.25) is 0 Å². The van der Waals surface area contributed by atoms with Gasteiger partial charge in [-0.25, -0.2) is 4.39 Å². The number of nitro groups is 1.